The molecule has 1 aromatic rings. The van der Waals surface area contributed by atoms with E-state index in [2.05, 4.69) is 10.1 Å². The summed E-state index contributed by atoms with van der Waals surface area (Å²) in [5.41, 5.74) is 6.76. The topological polar surface area (TPSA) is 71.1 Å². The van der Waals surface area contributed by atoms with Gasteiger partial charge in [0.2, 0.25) is 0 Å². The molecule has 0 bridgehead atoms. The predicted molar refractivity (Wildman–Crippen MR) is 71.7 cm³/mol. The molecule has 1 aromatic carbocycles. The lowest BCUT2D eigenvalue weighted by Crippen LogP contribution is -2.31. The second kappa shape index (κ2) is 7.68. The van der Waals surface area contributed by atoms with Crippen molar-refractivity contribution < 1.29 is 9.94 Å². The zero-order valence-electron chi connectivity index (χ0n) is 10.9. The van der Waals surface area contributed by atoms with Crippen LogP contribution in [0, 0.1) is 0 Å². The molecule has 18 heavy (non-hydrogen) atoms. The molecule has 0 radical (unpaired) electrons. The highest BCUT2D eigenvalue weighted by Crippen LogP contribution is 2.22. The maximum absolute atomic E-state index is 8.71. The normalized spacial score (nSPS) is 13.8. The number of nitrogens with two attached hydrogens (primary N) is 1. The molecule has 0 amide bonds. The lowest BCUT2D eigenvalue weighted by Gasteiger charge is -2.27. The number of rotatable bonds is 7. The molecular weight excluding hydrogens is 230 g/mol. The third kappa shape index (κ3) is 4.35. The minimum Gasteiger partial charge on any atom is -0.409 e. The standard InChI is InChI=1S/C13H21N3O2/c1-16(8-9-18-2)12(10-13(14)15-17)11-6-4-3-5-7-11/h3-7,12,17H,8-10H2,1-2H3,(H2,14,15). The molecule has 0 saturated heterocycles. The summed E-state index contributed by atoms with van der Waals surface area (Å²) in [6.07, 6.45) is 0.487. The Morgan fingerprint density at radius 2 is 2.11 bits per heavy atom. The van der Waals surface area contributed by atoms with Crippen molar-refractivity contribution in [2.45, 2.75) is 12.5 Å². The second-order valence-corrected chi connectivity index (χ2v) is 4.20. The van der Waals surface area contributed by atoms with Gasteiger partial charge in [-0.15, -0.1) is 0 Å². The van der Waals surface area contributed by atoms with Crippen LogP contribution < -0.4 is 5.73 Å². The Labute approximate surface area is 108 Å². The van der Waals surface area contributed by atoms with Crippen LogP contribution in [0.3, 0.4) is 0 Å². The molecule has 0 aromatic heterocycles. The van der Waals surface area contributed by atoms with Crippen molar-refractivity contribution in [3.63, 3.8) is 0 Å². The molecule has 0 aliphatic rings. The number of methoxy groups -OCH3 is 1. The molecule has 0 fully saturated rings. The Morgan fingerprint density at radius 3 is 2.67 bits per heavy atom. The van der Waals surface area contributed by atoms with Crippen LogP contribution in [0.2, 0.25) is 0 Å². The van der Waals surface area contributed by atoms with E-state index in [1.807, 2.05) is 37.4 Å². The van der Waals surface area contributed by atoms with Crippen molar-refractivity contribution >= 4 is 5.84 Å². The first kappa shape index (κ1) is 14.5. The highest BCUT2D eigenvalue weighted by Gasteiger charge is 2.18. The van der Waals surface area contributed by atoms with Crippen LogP contribution in [0.4, 0.5) is 0 Å². The summed E-state index contributed by atoms with van der Waals surface area (Å²) in [4.78, 5) is 2.14. The highest BCUT2D eigenvalue weighted by atomic mass is 16.5. The summed E-state index contributed by atoms with van der Waals surface area (Å²) in [6.45, 7) is 1.44. The highest BCUT2D eigenvalue weighted by molar-refractivity contribution is 5.80. The van der Waals surface area contributed by atoms with Gasteiger partial charge in [0.25, 0.3) is 0 Å². The summed E-state index contributed by atoms with van der Waals surface area (Å²) in [7, 11) is 3.68. The minimum absolute atomic E-state index is 0.0808. The van der Waals surface area contributed by atoms with Gasteiger partial charge in [-0.1, -0.05) is 35.5 Å². The van der Waals surface area contributed by atoms with E-state index in [9.17, 15) is 0 Å². The Balaban J connectivity index is 2.81. The molecule has 1 rings (SSSR count). The molecule has 1 unspecified atom stereocenters. The molecular formula is C13H21N3O2. The Hall–Kier alpha value is -1.59. The number of nitrogens with zero attached hydrogens (tertiary/aromatic N) is 2. The van der Waals surface area contributed by atoms with Crippen molar-refractivity contribution in [2.75, 3.05) is 27.3 Å². The fourth-order valence-electron chi connectivity index (χ4n) is 1.83. The fraction of sp³-hybridized carbons (Fsp3) is 0.462. The van der Waals surface area contributed by atoms with Crippen LogP contribution >= 0.6 is 0 Å². The largest absolute Gasteiger partial charge is 0.409 e. The van der Waals surface area contributed by atoms with Crippen molar-refractivity contribution in [3.05, 3.63) is 35.9 Å². The van der Waals surface area contributed by atoms with E-state index >= 15 is 0 Å². The number of benzene rings is 1. The average Bonchev–Trinajstić information content (AvgIpc) is 2.42. The monoisotopic (exact) mass is 251 g/mol. The molecule has 0 aliphatic heterocycles. The Bertz CT molecular complexity index is 368. The number of amidine groups is 1. The molecule has 3 N–H and O–H groups in total. The number of ether oxygens (including phenoxy) is 1. The van der Waals surface area contributed by atoms with Crippen LogP contribution in [0.15, 0.2) is 35.5 Å². The van der Waals surface area contributed by atoms with Crippen molar-refractivity contribution in [1.29, 1.82) is 0 Å². The summed E-state index contributed by atoms with van der Waals surface area (Å²) >= 11 is 0. The van der Waals surface area contributed by atoms with Crippen molar-refractivity contribution in [1.82, 2.24) is 4.90 Å². The maximum atomic E-state index is 8.71. The van der Waals surface area contributed by atoms with E-state index in [1.165, 1.54) is 0 Å². The van der Waals surface area contributed by atoms with Gasteiger partial charge in [0.05, 0.1) is 6.61 Å². The summed E-state index contributed by atoms with van der Waals surface area (Å²) in [5.74, 6) is 0.230. The van der Waals surface area contributed by atoms with Crippen LogP contribution in [0.1, 0.15) is 18.0 Å². The van der Waals surface area contributed by atoms with Gasteiger partial charge in [-0.05, 0) is 12.6 Å². The quantitative estimate of drug-likeness (QED) is 0.333. The summed E-state index contributed by atoms with van der Waals surface area (Å²) in [5, 5.41) is 11.8. The van der Waals surface area contributed by atoms with E-state index in [4.69, 9.17) is 15.7 Å². The third-order valence-electron chi connectivity index (χ3n) is 2.90. The van der Waals surface area contributed by atoms with Gasteiger partial charge in [0.15, 0.2) is 0 Å². The van der Waals surface area contributed by atoms with Gasteiger partial charge >= 0.3 is 0 Å². The van der Waals surface area contributed by atoms with Crippen LogP contribution in [0.25, 0.3) is 0 Å². The molecule has 5 nitrogen and oxygen atoms in total. The number of oxime groups is 1. The molecule has 1 atom stereocenters. The zero-order chi connectivity index (χ0) is 13.4. The first-order chi connectivity index (χ1) is 8.69. The SMILES string of the molecule is COCCN(C)C(CC(N)=NO)c1ccccc1. The van der Waals surface area contributed by atoms with Crippen molar-refractivity contribution in [2.24, 2.45) is 10.9 Å². The fourth-order valence-corrected chi connectivity index (χ4v) is 1.83. The smallest absolute Gasteiger partial charge is 0.141 e. The average molecular weight is 251 g/mol. The third-order valence-corrected chi connectivity index (χ3v) is 2.90. The van der Waals surface area contributed by atoms with Gasteiger partial charge < -0.3 is 15.7 Å². The van der Waals surface area contributed by atoms with Crippen LogP contribution in [-0.4, -0.2) is 43.3 Å². The van der Waals surface area contributed by atoms with Crippen molar-refractivity contribution in [3.8, 4) is 0 Å². The lowest BCUT2D eigenvalue weighted by atomic mass is 10.0. The zero-order valence-corrected chi connectivity index (χ0v) is 10.9. The number of likely N-dealkylation sites (N-methyl/N-ethyl adjacent to an activating group) is 1. The van der Waals surface area contributed by atoms with Gasteiger partial charge in [-0.25, -0.2) is 0 Å². The van der Waals surface area contributed by atoms with Crippen LogP contribution in [0.5, 0.6) is 0 Å². The predicted octanol–water partition coefficient (Wildman–Crippen LogP) is 1.44. The second-order valence-electron chi connectivity index (χ2n) is 4.20. The van der Waals surface area contributed by atoms with E-state index < -0.39 is 0 Å². The molecule has 100 valence electrons. The van der Waals surface area contributed by atoms with Crippen LogP contribution in [-0.2, 0) is 4.74 Å². The number of hydrogen-bond acceptors (Lipinski definition) is 4. The Morgan fingerprint density at radius 1 is 1.44 bits per heavy atom. The first-order valence-electron chi connectivity index (χ1n) is 5.89. The van der Waals surface area contributed by atoms with E-state index in [0.29, 0.717) is 13.0 Å². The minimum atomic E-state index is 0.0808. The molecule has 0 heterocycles. The van der Waals surface area contributed by atoms with E-state index in [-0.39, 0.29) is 11.9 Å². The molecule has 0 spiro atoms. The van der Waals surface area contributed by atoms with E-state index in [0.717, 1.165) is 12.1 Å². The van der Waals surface area contributed by atoms with Gasteiger partial charge in [-0.2, -0.15) is 0 Å². The molecule has 0 saturated carbocycles. The first-order valence-corrected chi connectivity index (χ1v) is 5.89. The molecule has 0 aliphatic carbocycles. The lowest BCUT2D eigenvalue weighted by molar-refractivity contribution is 0.140. The Kier molecular flexibility index (Phi) is 6.18. The van der Waals surface area contributed by atoms with Gasteiger partial charge in [0.1, 0.15) is 5.84 Å². The van der Waals surface area contributed by atoms with E-state index in [1.54, 1.807) is 7.11 Å². The number of hydrogen-bond donors (Lipinski definition) is 2. The summed E-state index contributed by atoms with van der Waals surface area (Å²) < 4.78 is 5.08. The maximum Gasteiger partial charge on any atom is 0.141 e. The summed E-state index contributed by atoms with van der Waals surface area (Å²) in [6, 6.07) is 10.1. The van der Waals surface area contributed by atoms with Gasteiger partial charge in [0, 0.05) is 26.1 Å². The molecule has 5 heteroatoms. The van der Waals surface area contributed by atoms with Gasteiger partial charge in [-0.3, -0.25) is 4.90 Å².